The Morgan fingerprint density at radius 2 is 0.590 bits per heavy atom. The number of carbonyl (C=O) groups is 2. The summed E-state index contributed by atoms with van der Waals surface area (Å²) in [6, 6.07) is 0. The zero-order chi connectivity index (χ0) is 44.4. The van der Waals surface area contributed by atoms with Crippen molar-refractivity contribution in [1.82, 2.24) is 11.1 Å². The van der Waals surface area contributed by atoms with Crippen molar-refractivity contribution in [3.05, 3.63) is 30.8 Å². The number of nitrogens with one attached hydrogen (secondary N) is 2. The predicted octanol–water partition coefficient (Wildman–Crippen LogP) is 19.2. The molecule has 358 valence electrons. The monoisotopic (exact) mass is 853 g/mol. The van der Waals surface area contributed by atoms with Crippen LogP contribution >= 0.6 is 0 Å². The molecule has 0 aliphatic rings. The lowest BCUT2D eigenvalue weighted by molar-refractivity contribution is -0.132. The van der Waals surface area contributed by atoms with Crippen LogP contribution in [0.5, 0.6) is 0 Å². The minimum Gasteiger partial charge on any atom is -0.350 e. The predicted molar refractivity (Wildman–Crippen MR) is 271 cm³/mol. The zero-order valence-corrected chi connectivity index (χ0v) is 41.7. The third kappa shape index (κ3) is 43.5. The van der Waals surface area contributed by atoms with Crippen LogP contribution in [0.3, 0.4) is 0 Å². The highest BCUT2D eigenvalue weighted by atomic mass is 16.2. The summed E-state index contributed by atoms with van der Waals surface area (Å²) in [5.41, 5.74) is 7.02. The lowest BCUT2D eigenvalue weighted by Crippen LogP contribution is -2.40. The SMILES string of the molecule is CCCCCCCC/C=C\CCCCCCCCC(CCCCCCCC/C=C\CCCCCCCC)(CCCCCCCCCCCCCCCC)C(=O)N[CH]CC([NH])=O. The molecule has 2 radical (unpaired) electrons. The molecule has 0 saturated carbocycles. The van der Waals surface area contributed by atoms with E-state index < -0.39 is 5.91 Å². The van der Waals surface area contributed by atoms with Crippen molar-refractivity contribution >= 4 is 11.8 Å². The topological polar surface area (TPSA) is 70.0 Å². The third-order valence-corrected chi connectivity index (χ3v) is 13.3. The summed E-state index contributed by atoms with van der Waals surface area (Å²) in [7, 11) is 0. The lowest BCUT2D eigenvalue weighted by Gasteiger charge is -2.33. The van der Waals surface area contributed by atoms with E-state index in [1.165, 1.54) is 250 Å². The second kappa shape index (κ2) is 49.4. The Labute approximate surface area is 383 Å². The van der Waals surface area contributed by atoms with Crippen molar-refractivity contribution in [1.29, 1.82) is 0 Å². The van der Waals surface area contributed by atoms with Crippen LogP contribution in [0.1, 0.15) is 316 Å². The van der Waals surface area contributed by atoms with E-state index in [0.717, 1.165) is 38.5 Å². The van der Waals surface area contributed by atoms with Gasteiger partial charge in [0.1, 0.15) is 0 Å². The van der Waals surface area contributed by atoms with E-state index in [1.807, 2.05) is 0 Å². The number of unbranched alkanes of at least 4 members (excludes halogenated alkanes) is 37. The van der Waals surface area contributed by atoms with Crippen molar-refractivity contribution < 1.29 is 9.59 Å². The molecule has 0 bridgehead atoms. The Morgan fingerprint density at radius 1 is 0.361 bits per heavy atom. The quantitative estimate of drug-likeness (QED) is 0.0489. The molecular weight excluding hydrogens is 745 g/mol. The Hall–Kier alpha value is -1.58. The van der Waals surface area contributed by atoms with E-state index in [2.05, 4.69) is 50.4 Å². The number of amides is 2. The molecule has 0 rings (SSSR count). The highest BCUT2D eigenvalue weighted by molar-refractivity contribution is 5.84. The van der Waals surface area contributed by atoms with E-state index in [-0.39, 0.29) is 17.7 Å². The van der Waals surface area contributed by atoms with Crippen LogP contribution in [0.15, 0.2) is 24.3 Å². The van der Waals surface area contributed by atoms with Crippen molar-refractivity contribution in [2.24, 2.45) is 5.41 Å². The molecule has 0 saturated heterocycles. The first-order valence-corrected chi connectivity index (χ1v) is 27.7. The molecule has 0 aromatic rings. The normalized spacial score (nSPS) is 12.0. The van der Waals surface area contributed by atoms with Gasteiger partial charge >= 0.3 is 0 Å². The lowest BCUT2D eigenvalue weighted by atomic mass is 9.73. The maximum atomic E-state index is 14.1. The first-order valence-electron chi connectivity index (χ1n) is 27.7. The molecule has 0 aliphatic carbocycles. The van der Waals surface area contributed by atoms with E-state index >= 15 is 0 Å². The summed E-state index contributed by atoms with van der Waals surface area (Å²) >= 11 is 0. The van der Waals surface area contributed by atoms with Crippen molar-refractivity contribution in [3.63, 3.8) is 0 Å². The molecule has 2 amide bonds. The van der Waals surface area contributed by atoms with Crippen LogP contribution in [-0.2, 0) is 9.59 Å². The number of rotatable bonds is 51. The second-order valence-electron chi connectivity index (χ2n) is 19.3. The van der Waals surface area contributed by atoms with Crippen LogP contribution in [0.25, 0.3) is 0 Å². The molecule has 0 atom stereocenters. The average molecular weight is 854 g/mol. The second-order valence-corrected chi connectivity index (χ2v) is 19.3. The summed E-state index contributed by atoms with van der Waals surface area (Å²) in [5, 5.41) is 3.05. The molecule has 0 unspecified atom stereocenters. The van der Waals surface area contributed by atoms with Gasteiger partial charge in [-0.2, -0.15) is 0 Å². The number of hydrogen-bond acceptors (Lipinski definition) is 2. The minimum absolute atomic E-state index is 0.0108. The van der Waals surface area contributed by atoms with Gasteiger partial charge in [-0.05, 0) is 70.6 Å². The van der Waals surface area contributed by atoms with Gasteiger partial charge in [0, 0.05) is 5.41 Å². The Balaban J connectivity index is 4.88. The fourth-order valence-electron chi connectivity index (χ4n) is 9.18. The zero-order valence-electron chi connectivity index (χ0n) is 41.7. The molecule has 0 aromatic heterocycles. The van der Waals surface area contributed by atoms with Crippen LogP contribution in [0.2, 0.25) is 0 Å². The van der Waals surface area contributed by atoms with Gasteiger partial charge in [-0.15, -0.1) is 0 Å². The maximum absolute atomic E-state index is 14.1. The molecule has 0 fully saturated rings. The fourth-order valence-corrected chi connectivity index (χ4v) is 9.18. The molecular formula is C57H108N2O2. The summed E-state index contributed by atoms with van der Waals surface area (Å²) in [4.78, 5) is 25.5. The Morgan fingerprint density at radius 3 is 0.836 bits per heavy atom. The van der Waals surface area contributed by atoms with Gasteiger partial charge in [0.2, 0.25) is 11.8 Å². The molecule has 0 heterocycles. The van der Waals surface area contributed by atoms with Gasteiger partial charge in [0.05, 0.1) is 13.0 Å². The standard InChI is InChI=1S/C57H108N2O2/c1-4-7-10-13-16-19-22-25-28-30-33-36-39-42-45-48-52-57(56(61)59-54-50-55(58)60,51-47-44-41-38-35-32-27-24-21-18-15-12-9-6-3)53-49-46-43-40-37-34-31-29-26-23-20-17-14-11-8-5-2/h25-26,28-29,54,58H,4-24,27,30-53H2,1-3H3,(H,59,61)/b28-25-,29-26-. The molecule has 4 heteroatoms. The minimum atomic E-state index is -0.639. The molecule has 0 aliphatic heterocycles. The summed E-state index contributed by atoms with van der Waals surface area (Å²) in [6.45, 7) is 8.42. The molecule has 2 N–H and O–H groups in total. The van der Waals surface area contributed by atoms with Crippen molar-refractivity contribution in [3.8, 4) is 0 Å². The van der Waals surface area contributed by atoms with Gasteiger partial charge < -0.3 is 5.32 Å². The number of allylic oxidation sites excluding steroid dienone is 4. The van der Waals surface area contributed by atoms with Gasteiger partial charge in [0.25, 0.3) is 0 Å². The summed E-state index contributed by atoms with van der Waals surface area (Å²) in [5.74, 6) is -0.525. The first kappa shape index (κ1) is 59.4. The smallest absolute Gasteiger partial charge is 0.240 e. The number of carbonyl (C=O) groups excluding carboxylic acids is 2. The van der Waals surface area contributed by atoms with Crippen LogP contribution in [0.4, 0.5) is 0 Å². The van der Waals surface area contributed by atoms with Gasteiger partial charge in [0.15, 0.2) is 0 Å². The summed E-state index contributed by atoms with van der Waals surface area (Å²) in [6.07, 6.45) is 67.6. The Bertz CT molecular complexity index is 915. The van der Waals surface area contributed by atoms with Gasteiger partial charge in [-0.3, -0.25) is 15.3 Å². The molecule has 0 spiro atoms. The average Bonchev–Trinajstić information content (AvgIpc) is 3.25. The van der Waals surface area contributed by atoms with E-state index in [4.69, 9.17) is 5.73 Å². The van der Waals surface area contributed by atoms with E-state index in [0.29, 0.717) is 0 Å². The fraction of sp³-hybridized carbons (Fsp3) is 0.877. The van der Waals surface area contributed by atoms with E-state index in [9.17, 15) is 9.59 Å². The largest absolute Gasteiger partial charge is 0.350 e. The van der Waals surface area contributed by atoms with Gasteiger partial charge in [-0.1, -0.05) is 263 Å². The molecule has 61 heavy (non-hydrogen) atoms. The maximum Gasteiger partial charge on any atom is 0.240 e. The highest BCUT2D eigenvalue weighted by Crippen LogP contribution is 2.38. The van der Waals surface area contributed by atoms with Gasteiger partial charge in [-0.25, -0.2) is 0 Å². The van der Waals surface area contributed by atoms with Crippen LogP contribution in [0, 0.1) is 12.0 Å². The third-order valence-electron chi connectivity index (χ3n) is 13.3. The first-order chi connectivity index (χ1) is 30.0. The van der Waals surface area contributed by atoms with Crippen molar-refractivity contribution in [2.75, 3.05) is 0 Å². The summed E-state index contributed by atoms with van der Waals surface area (Å²) < 4.78 is 0. The van der Waals surface area contributed by atoms with Crippen molar-refractivity contribution in [2.45, 2.75) is 316 Å². The number of hydrogen-bond donors (Lipinski definition) is 1. The van der Waals surface area contributed by atoms with E-state index in [1.54, 1.807) is 6.54 Å². The molecule has 0 aromatic carbocycles. The van der Waals surface area contributed by atoms with Crippen LogP contribution < -0.4 is 11.1 Å². The molecule has 4 nitrogen and oxygen atoms in total. The highest BCUT2D eigenvalue weighted by Gasteiger charge is 2.36. The van der Waals surface area contributed by atoms with Crippen LogP contribution in [-0.4, -0.2) is 11.8 Å². The Kier molecular flexibility index (Phi) is 48.2.